The topological polar surface area (TPSA) is 73.1 Å². The van der Waals surface area contributed by atoms with Gasteiger partial charge >= 0.3 is 5.69 Å². The summed E-state index contributed by atoms with van der Waals surface area (Å²) in [6.45, 7) is 2.99. The van der Waals surface area contributed by atoms with Crippen LogP contribution >= 0.6 is 11.3 Å². The van der Waals surface area contributed by atoms with Crippen molar-refractivity contribution in [3.63, 3.8) is 0 Å². The molecule has 0 aliphatic rings. The summed E-state index contributed by atoms with van der Waals surface area (Å²) in [5, 5.41) is 4.71. The molecule has 4 aromatic rings. The van der Waals surface area contributed by atoms with E-state index >= 15 is 0 Å². The van der Waals surface area contributed by atoms with Gasteiger partial charge < -0.3 is 5.32 Å². The Morgan fingerprint density at radius 2 is 1.77 bits per heavy atom. The molecular weight excluding hydrogens is 465 g/mol. The molecular formula is C27H28FN3O3S. The highest BCUT2D eigenvalue weighted by molar-refractivity contribution is 7.17. The predicted octanol–water partition coefficient (Wildman–Crippen LogP) is 4.60. The minimum absolute atomic E-state index is 0.0137. The number of amides is 1. The summed E-state index contributed by atoms with van der Waals surface area (Å²) in [5.74, 6) is -0.381. The molecule has 2 aromatic carbocycles. The van der Waals surface area contributed by atoms with E-state index in [1.807, 2.05) is 31.2 Å². The molecule has 35 heavy (non-hydrogen) atoms. The summed E-state index contributed by atoms with van der Waals surface area (Å²) in [7, 11) is 0. The number of aryl methyl sites for hydroxylation is 1. The van der Waals surface area contributed by atoms with E-state index in [4.69, 9.17) is 0 Å². The molecule has 4 rings (SSSR count). The first-order valence-electron chi connectivity index (χ1n) is 11.7. The molecule has 182 valence electrons. The number of thiophene rings is 1. The molecule has 8 heteroatoms. The van der Waals surface area contributed by atoms with Crippen molar-refractivity contribution < 1.29 is 9.18 Å². The Hall–Kier alpha value is -3.52. The lowest BCUT2D eigenvalue weighted by atomic mass is 10.1. The summed E-state index contributed by atoms with van der Waals surface area (Å²) in [6, 6.07) is 15.9. The fourth-order valence-corrected chi connectivity index (χ4v) is 4.87. The fraction of sp³-hybridized carbons (Fsp3) is 0.296. The maximum Gasteiger partial charge on any atom is 0.331 e. The first kappa shape index (κ1) is 24.6. The van der Waals surface area contributed by atoms with Crippen molar-refractivity contribution in [3.05, 3.63) is 103 Å². The van der Waals surface area contributed by atoms with Crippen LogP contribution in [0.1, 0.15) is 42.4 Å². The Morgan fingerprint density at radius 3 is 2.54 bits per heavy atom. The lowest BCUT2D eigenvalue weighted by Gasteiger charge is -2.12. The number of hydrogen-bond acceptors (Lipinski definition) is 4. The molecule has 2 heterocycles. The smallest absolute Gasteiger partial charge is 0.331 e. The van der Waals surface area contributed by atoms with Crippen molar-refractivity contribution in [2.45, 2.75) is 52.2 Å². The van der Waals surface area contributed by atoms with Gasteiger partial charge in [-0.1, -0.05) is 48.4 Å². The van der Waals surface area contributed by atoms with Gasteiger partial charge in [0.15, 0.2) is 0 Å². The van der Waals surface area contributed by atoms with E-state index in [2.05, 4.69) is 5.32 Å². The first-order valence-corrected chi connectivity index (χ1v) is 12.6. The molecule has 0 unspecified atom stereocenters. The zero-order valence-electron chi connectivity index (χ0n) is 19.6. The normalized spacial score (nSPS) is 11.1. The van der Waals surface area contributed by atoms with E-state index < -0.39 is 5.69 Å². The largest absolute Gasteiger partial charge is 0.352 e. The molecule has 6 nitrogen and oxygen atoms in total. The van der Waals surface area contributed by atoms with Crippen LogP contribution < -0.4 is 16.6 Å². The average molecular weight is 494 g/mol. The van der Waals surface area contributed by atoms with Crippen LogP contribution in [-0.2, 0) is 24.4 Å². The summed E-state index contributed by atoms with van der Waals surface area (Å²) >= 11 is 1.30. The number of nitrogens with zero attached hydrogens (tertiary/aromatic N) is 2. The Balaban J connectivity index is 1.35. The number of fused-ring (bicyclic) bond motifs is 1. The predicted molar refractivity (Wildman–Crippen MR) is 137 cm³/mol. The fourth-order valence-electron chi connectivity index (χ4n) is 4.03. The van der Waals surface area contributed by atoms with E-state index in [1.54, 1.807) is 23.6 Å². The molecule has 0 bridgehead atoms. The van der Waals surface area contributed by atoms with Crippen molar-refractivity contribution in [2.24, 2.45) is 0 Å². The molecule has 0 aliphatic heterocycles. The van der Waals surface area contributed by atoms with Crippen LogP contribution in [0.4, 0.5) is 4.39 Å². The third-order valence-electron chi connectivity index (χ3n) is 5.96. The van der Waals surface area contributed by atoms with Crippen molar-refractivity contribution >= 4 is 27.5 Å². The van der Waals surface area contributed by atoms with Gasteiger partial charge in [-0.05, 0) is 54.5 Å². The second kappa shape index (κ2) is 11.3. The van der Waals surface area contributed by atoms with Gasteiger partial charge in [0.2, 0.25) is 5.91 Å². The van der Waals surface area contributed by atoms with Gasteiger partial charge in [0, 0.05) is 19.5 Å². The molecule has 1 amide bonds. The van der Waals surface area contributed by atoms with Gasteiger partial charge in [0.25, 0.3) is 5.56 Å². The quantitative estimate of drug-likeness (QED) is 0.328. The van der Waals surface area contributed by atoms with Crippen molar-refractivity contribution in [2.75, 3.05) is 0 Å². The highest BCUT2D eigenvalue weighted by atomic mass is 32.1. The maximum absolute atomic E-state index is 13.6. The zero-order valence-corrected chi connectivity index (χ0v) is 20.4. The molecule has 0 saturated carbocycles. The minimum Gasteiger partial charge on any atom is -0.352 e. The summed E-state index contributed by atoms with van der Waals surface area (Å²) in [4.78, 5) is 38.2. The average Bonchev–Trinajstić information content (AvgIpc) is 3.33. The number of aromatic nitrogens is 2. The third kappa shape index (κ3) is 6.14. The van der Waals surface area contributed by atoms with Crippen LogP contribution in [0.25, 0.3) is 10.2 Å². The molecule has 0 saturated heterocycles. The third-order valence-corrected chi connectivity index (χ3v) is 6.85. The number of rotatable bonds is 10. The molecule has 0 spiro atoms. The lowest BCUT2D eigenvalue weighted by Crippen LogP contribution is -2.39. The maximum atomic E-state index is 13.6. The second-order valence-electron chi connectivity index (χ2n) is 8.66. The minimum atomic E-state index is -0.402. The van der Waals surface area contributed by atoms with E-state index in [-0.39, 0.29) is 30.4 Å². The number of halogens is 1. The number of unbranched alkanes of at least 4 members (excludes halogenated alkanes) is 2. The van der Waals surface area contributed by atoms with Gasteiger partial charge in [0.1, 0.15) is 10.5 Å². The van der Waals surface area contributed by atoms with Crippen LogP contribution in [0.5, 0.6) is 0 Å². The SMILES string of the molecule is Cc1ccc(CNC(=O)CCCCCn2c(=O)c3sccc3n(Cc3cccc(F)c3)c2=O)cc1. The van der Waals surface area contributed by atoms with E-state index in [9.17, 15) is 18.8 Å². The molecule has 1 N–H and O–H groups in total. The van der Waals surface area contributed by atoms with Crippen molar-refractivity contribution in [3.8, 4) is 0 Å². The van der Waals surface area contributed by atoms with Crippen LogP contribution in [0.3, 0.4) is 0 Å². The summed E-state index contributed by atoms with van der Waals surface area (Å²) < 4.78 is 16.9. The summed E-state index contributed by atoms with van der Waals surface area (Å²) in [5.41, 5.74) is 2.75. The Labute approximate surface area is 206 Å². The lowest BCUT2D eigenvalue weighted by molar-refractivity contribution is -0.121. The first-order chi connectivity index (χ1) is 16.9. The van der Waals surface area contributed by atoms with E-state index in [0.717, 1.165) is 12.0 Å². The van der Waals surface area contributed by atoms with Crippen LogP contribution in [-0.4, -0.2) is 15.0 Å². The highest BCUT2D eigenvalue weighted by Crippen LogP contribution is 2.17. The highest BCUT2D eigenvalue weighted by Gasteiger charge is 2.14. The van der Waals surface area contributed by atoms with Crippen LogP contribution in [0, 0.1) is 12.7 Å². The zero-order chi connectivity index (χ0) is 24.8. The molecule has 0 aliphatic carbocycles. The molecule has 2 aromatic heterocycles. The van der Waals surface area contributed by atoms with Gasteiger partial charge in [-0.3, -0.25) is 18.7 Å². The Bertz CT molecular complexity index is 1440. The van der Waals surface area contributed by atoms with E-state index in [1.165, 1.54) is 38.2 Å². The Kier molecular flexibility index (Phi) is 7.92. The van der Waals surface area contributed by atoms with Gasteiger partial charge in [0.05, 0.1) is 12.1 Å². The van der Waals surface area contributed by atoms with Gasteiger partial charge in [-0.15, -0.1) is 11.3 Å². The number of hydrogen-bond donors (Lipinski definition) is 1. The van der Waals surface area contributed by atoms with Crippen molar-refractivity contribution in [1.82, 2.24) is 14.5 Å². The van der Waals surface area contributed by atoms with Gasteiger partial charge in [-0.2, -0.15) is 0 Å². The van der Waals surface area contributed by atoms with Crippen LogP contribution in [0.15, 0.2) is 69.6 Å². The standard InChI is InChI=1S/C27H28FN3O3S/c1-19-9-11-20(12-10-19)17-29-24(32)8-3-2-4-14-30-26(33)25-23(13-15-35-25)31(27(30)34)18-21-6-5-7-22(28)16-21/h5-7,9-13,15-16H,2-4,8,14,17-18H2,1H3,(H,29,32). The van der Waals surface area contributed by atoms with Crippen molar-refractivity contribution in [1.29, 1.82) is 0 Å². The number of carbonyl (C=O) groups is 1. The number of benzene rings is 2. The summed E-state index contributed by atoms with van der Waals surface area (Å²) in [6.07, 6.45) is 2.40. The Morgan fingerprint density at radius 1 is 0.971 bits per heavy atom. The van der Waals surface area contributed by atoms with Gasteiger partial charge in [-0.25, -0.2) is 9.18 Å². The second-order valence-corrected chi connectivity index (χ2v) is 9.58. The number of nitrogens with one attached hydrogen (secondary N) is 1. The number of carbonyl (C=O) groups excluding carboxylic acids is 1. The van der Waals surface area contributed by atoms with E-state index in [0.29, 0.717) is 41.6 Å². The molecule has 0 atom stereocenters. The molecule has 0 radical (unpaired) electrons. The monoisotopic (exact) mass is 493 g/mol. The molecule has 0 fully saturated rings. The van der Waals surface area contributed by atoms with Crippen LogP contribution in [0.2, 0.25) is 0 Å².